The molecule has 3 rings (SSSR count). The Morgan fingerprint density at radius 1 is 1.15 bits per heavy atom. The molecule has 0 atom stereocenters. The quantitative estimate of drug-likeness (QED) is 0.397. The molecule has 0 unspecified atom stereocenters. The zero-order chi connectivity index (χ0) is 24.1. The van der Waals surface area contributed by atoms with Crippen LogP contribution >= 0.6 is 23.4 Å². The number of furan rings is 1. The van der Waals surface area contributed by atoms with Gasteiger partial charge in [0.25, 0.3) is 11.1 Å². The lowest BCUT2D eigenvalue weighted by Gasteiger charge is -2.13. The van der Waals surface area contributed by atoms with Crippen LogP contribution in [-0.4, -0.2) is 55.9 Å². The van der Waals surface area contributed by atoms with Crippen molar-refractivity contribution >= 4 is 52.5 Å². The number of esters is 2. The number of hydrogen-bond donors (Lipinski definition) is 0. The van der Waals surface area contributed by atoms with E-state index in [1.807, 2.05) is 0 Å². The summed E-state index contributed by atoms with van der Waals surface area (Å²) in [5, 5.41) is -0.368. The minimum absolute atomic E-state index is 0.0359. The van der Waals surface area contributed by atoms with Crippen molar-refractivity contribution in [3.63, 3.8) is 0 Å². The van der Waals surface area contributed by atoms with Crippen LogP contribution in [-0.2, 0) is 25.6 Å². The van der Waals surface area contributed by atoms with Crippen LogP contribution < -0.4 is 9.47 Å². The van der Waals surface area contributed by atoms with E-state index >= 15 is 0 Å². The maximum Gasteiger partial charge on any atom is 0.373 e. The molecule has 1 saturated heterocycles. The Bertz CT molecular complexity index is 1140. The van der Waals surface area contributed by atoms with Gasteiger partial charge < -0.3 is 23.4 Å². The Morgan fingerprint density at radius 3 is 2.58 bits per heavy atom. The van der Waals surface area contributed by atoms with Gasteiger partial charge in [0.2, 0.25) is 5.76 Å². The molecule has 1 aliphatic rings. The maximum absolute atomic E-state index is 12.8. The molecule has 0 aliphatic carbocycles. The molecule has 1 aliphatic heterocycles. The molecular formula is C21H18ClNO9S. The molecule has 0 bridgehead atoms. The summed E-state index contributed by atoms with van der Waals surface area (Å²) < 4.78 is 25.0. The van der Waals surface area contributed by atoms with E-state index in [2.05, 4.69) is 9.47 Å². The van der Waals surface area contributed by atoms with Gasteiger partial charge in [0.05, 0.1) is 37.8 Å². The van der Waals surface area contributed by atoms with Crippen molar-refractivity contribution in [1.29, 1.82) is 0 Å². The average Bonchev–Trinajstić information content (AvgIpc) is 3.37. The van der Waals surface area contributed by atoms with E-state index in [4.69, 9.17) is 25.5 Å². The van der Waals surface area contributed by atoms with E-state index in [-0.39, 0.29) is 46.1 Å². The Balaban J connectivity index is 1.79. The largest absolute Gasteiger partial charge is 0.493 e. The van der Waals surface area contributed by atoms with Gasteiger partial charge in [-0.2, -0.15) is 0 Å². The zero-order valence-corrected chi connectivity index (χ0v) is 19.3. The highest BCUT2D eigenvalue weighted by Crippen LogP contribution is 2.39. The normalized spacial score (nSPS) is 14.5. The van der Waals surface area contributed by atoms with E-state index in [0.29, 0.717) is 5.56 Å². The summed E-state index contributed by atoms with van der Waals surface area (Å²) >= 11 is 7.00. The fourth-order valence-corrected chi connectivity index (χ4v) is 3.88. The minimum atomic E-state index is -0.667. The number of nitrogens with zero attached hydrogens (tertiary/aromatic N) is 1. The van der Waals surface area contributed by atoms with Crippen LogP contribution in [0.4, 0.5) is 4.79 Å². The number of thioether (sulfide) groups is 1. The topological polar surface area (TPSA) is 122 Å². The van der Waals surface area contributed by atoms with Crippen LogP contribution in [0.3, 0.4) is 0 Å². The van der Waals surface area contributed by atoms with Crippen LogP contribution in [0.25, 0.3) is 6.08 Å². The van der Waals surface area contributed by atoms with Gasteiger partial charge >= 0.3 is 11.9 Å². The molecule has 0 saturated carbocycles. The van der Waals surface area contributed by atoms with Gasteiger partial charge in [0.15, 0.2) is 18.1 Å². The van der Waals surface area contributed by atoms with Crippen LogP contribution in [0.15, 0.2) is 33.6 Å². The van der Waals surface area contributed by atoms with E-state index in [1.54, 1.807) is 6.07 Å². The summed E-state index contributed by atoms with van der Waals surface area (Å²) in [4.78, 5) is 49.1. The molecule has 0 N–H and O–H groups in total. The molecule has 33 heavy (non-hydrogen) atoms. The molecule has 2 aromatic rings. The van der Waals surface area contributed by atoms with Gasteiger partial charge in [-0.15, -0.1) is 0 Å². The van der Waals surface area contributed by atoms with Crippen molar-refractivity contribution in [3.8, 4) is 11.5 Å². The number of carbonyl (C=O) groups excluding carboxylic acids is 4. The summed E-state index contributed by atoms with van der Waals surface area (Å²) in [6.07, 6.45) is 1.48. The van der Waals surface area contributed by atoms with Crippen LogP contribution in [0.2, 0.25) is 5.02 Å². The first-order valence-corrected chi connectivity index (χ1v) is 10.5. The number of imide groups is 1. The third-order valence-electron chi connectivity index (χ3n) is 4.35. The molecule has 2 amide bonds. The molecule has 174 valence electrons. The summed E-state index contributed by atoms with van der Waals surface area (Å²) in [6.45, 7) is -0.515. The molecule has 12 heteroatoms. The first-order valence-electron chi connectivity index (χ1n) is 9.27. The molecule has 2 heterocycles. The van der Waals surface area contributed by atoms with Crippen LogP contribution in [0, 0.1) is 0 Å². The number of amides is 2. The third kappa shape index (κ3) is 5.49. The minimum Gasteiger partial charge on any atom is -0.493 e. The number of carbonyl (C=O) groups is 4. The van der Waals surface area contributed by atoms with Crippen molar-refractivity contribution in [2.45, 2.75) is 6.54 Å². The average molecular weight is 496 g/mol. The smallest absolute Gasteiger partial charge is 0.373 e. The number of halogens is 1. The van der Waals surface area contributed by atoms with Gasteiger partial charge in [0.1, 0.15) is 5.76 Å². The van der Waals surface area contributed by atoms with Gasteiger partial charge in [-0.25, -0.2) is 9.59 Å². The summed E-state index contributed by atoms with van der Waals surface area (Å²) in [5.74, 6) is -1.23. The molecule has 0 spiro atoms. The van der Waals surface area contributed by atoms with Crippen molar-refractivity contribution in [2.24, 2.45) is 0 Å². The number of benzene rings is 1. The predicted octanol–water partition coefficient (Wildman–Crippen LogP) is 3.52. The first-order chi connectivity index (χ1) is 15.8. The first kappa shape index (κ1) is 24.2. The number of hydrogen-bond acceptors (Lipinski definition) is 10. The Kier molecular flexibility index (Phi) is 7.67. The van der Waals surface area contributed by atoms with Crippen LogP contribution in [0.5, 0.6) is 11.5 Å². The number of ether oxygens (including phenoxy) is 4. The lowest BCUT2D eigenvalue weighted by atomic mass is 10.1. The van der Waals surface area contributed by atoms with E-state index in [0.717, 1.165) is 16.7 Å². The van der Waals surface area contributed by atoms with Gasteiger partial charge in [-0.05, 0) is 47.7 Å². The highest BCUT2D eigenvalue weighted by Gasteiger charge is 2.36. The lowest BCUT2D eigenvalue weighted by Crippen LogP contribution is -2.27. The molecule has 0 radical (unpaired) electrons. The fraction of sp³-hybridized carbons (Fsp3) is 0.238. The second-order valence-corrected chi connectivity index (χ2v) is 7.82. The Labute approximate surface area is 197 Å². The zero-order valence-electron chi connectivity index (χ0n) is 17.7. The van der Waals surface area contributed by atoms with Crippen molar-refractivity contribution < 1.29 is 42.5 Å². The van der Waals surface area contributed by atoms with Crippen molar-refractivity contribution in [3.05, 3.63) is 51.3 Å². The van der Waals surface area contributed by atoms with Crippen molar-refractivity contribution in [2.75, 3.05) is 27.9 Å². The highest BCUT2D eigenvalue weighted by molar-refractivity contribution is 8.18. The fourth-order valence-electron chi connectivity index (χ4n) is 2.77. The predicted molar refractivity (Wildman–Crippen MR) is 117 cm³/mol. The number of methoxy groups -OCH3 is 3. The molecular weight excluding hydrogens is 478 g/mol. The van der Waals surface area contributed by atoms with Gasteiger partial charge in [0, 0.05) is 0 Å². The summed E-state index contributed by atoms with van der Waals surface area (Å²) in [7, 11) is 3.83. The van der Waals surface area contributed by atoms with E-state index in [9.17, 15) is 19.2 Å². The molecule has 10 nitrogen and oxygen atoms in total. The summed E-state index contributed by atoms with van der Waals surface area (Å²) in [6, 6.07) is 5.92. The van der Waals surface area contributed by atoms with Gasteiger partial charge in [-0.1, -0.05) is 11.6 Å². The molecule has 1 aromatic heterocycles. The van der Waals surface area contributed by atoms with E-state index in [1.165, 1.54) is 45.6 Å². The third-order valence-corrected chi connectivity index (χ3v) is 5.54. The summed E-state index contributed by atoms with van der Waals surface area (Å²) in [5.41, 5.74) is 0.471. The monoisotopic (exact) mass is 495 g/mol. The Hall–Kier alpha value is -3.44. The SMILES string of the molecule is COC(=O)COc1c(Cl)cc(C=C2SC(=O)N(Cc3ccc(C(=O)OC)o3)C2=O)cc1OC. The lowest BCUT2D eigenvalue weighted by molar-refractivity contribution is -0.142. The maximum atomic E-state index is 12.8. The van der Waals surface area contributed by atoms with E-state index < -0.39 is 23.1 Å². The van der Waals surface area contributed by atoms with Crippen LogP contribution in [0.1, 0.15) is 21.9 Å². The van der Waals surface area contributed by atoms with Gasteiger partial charge in [-0.3, -0.25) is 14.5 Å². The highest BCUT2D eigenvalue weighted by atomic mass is 35.5. The second-order valence-electron chi connectivity index (χ2n) is 6.42. The number of rotatable bonds is 8. The molecule has 1 fully saturated rings. The molecule has 1 aromatic carbocycles. The Morgan fingerprint density at radius 2 is 1.91 bits per heavy atom. The second kappa shape index (κ2) is 10.5. The van der Waals surface area contributed by atoms with Crippen molar-refractivity contribution in [1.82, 2.24) is 4.90 Å². The standard InChI is InChI=1S/C21H18ClNO9S/c1-28-15-7-11(6-13(22)18(15)31-10-17(24)29-2)8-16-19(25)23(21(27)33-16)9-12-4-5-14(32-12)20(26)30-3/h4-8H,9-10H2,1-3H3.